The number of aryl methyl sites for hydroxylation is 1. The number of rotatable bonds is 4. The molecule has 2 heterocycles. The molecule has 0 fully saturated rings. The zero-order valence-electron chi connectivity index (χ0n) is 15.8. The lowest BCUT2D eigenvalue weighted by molar-refractivity contribution is 1.28. The Balaban J connectivity index is 1.39. The molecule has 0 bridgehead atoms. The van der Waals surface area contributed by atoms with Crippen molar-refractivity contribution in [3.05, 3.63) is 89.9 Å². The van der Waals surface area contributed by atoms with Gasteiger partial charge in [0, 0.05) is 21.7 Å². The van der Waals surface area contributed by atoms with Crippen LogP contribution in [-0.2, 0) is 0 Å². The van der Waals surface area contributed by atoms with Crippen molar-refractivity contribution in [2.24, 2.45) is 0 Å². The number of fused-ring (bicyclic) bond motifs is 1. The maximum atomic E-state index is 4.87. The molecule has 29 heavy (non-hydrogen) atoms. The van der Waals surface area contributed by atoms with Crippen molar-refractivity contribution in [3.8, 4) is 21.8 Å². The fourth-order valence-corrected chi connectivity index (χ4v) is 4.19. The summed E-state index contributed by atoms with van der Waals surface area (Å²) in [6, 6.07) is 26.4. The van der Waals surface area contributed by atoms with Crippen molar-refractivity contribution in [1.29, 1.82) is 0 Å². The van der Waals surface area contributed by atoms with Crippen LogP contribution in [0.4, 0.5) is 11.5 Å². The van der Waals surface area contributed by atoms with Crippen LogP contribution in [0.15, 0.2) is 85.1 Å². The van der Waals surface area contributed by atoms with Crippen molar-refractivity contribution in [1.82, 2.24) is 15.0 Å². The summed E-state index contributed by atoms with van der Waals surface area (Å²) in [5.41, 5.74) is 6.03. The molecule has 0 unspecified atom stereocenters. The molecule has 0 saturated heterocycles. The van der Waals surface area contributed by atoms with Crippen LogP contribution < -0.4 is 5.32 Å². The van der Waals surface area contributed by atoms with Gasteiger partial charge in [0.1, 0.15) is 10.8 Å². The van der Waals surface area contributed by atoms with Gasteiger partial charge in [-0.2, -0.15) is 0 Å². The second-order valence-corrected chi connectivity index (χ2v) is 7.94. The van der Waals surface area contributed by atoms with Gasteiger partial charge in [-0.25, -0.2) is 9.97 Å². The minimum absolute atomic E-state index is 0.729. The fraction of sp³-hybridized carbons (Fsp3) is 0.0417. The molecule has 1 N–H and O–H groups in total. The highest BCUT2D eigenvalue weighted by Gasteiger charge is 2.11. The van der Waals surface area contributed by atoms with Gasteiger partial charge in [-0.15, -0.1) is 11.3 Å². The summed E-state index contributed by atoms with van der Waals surface area (Å²) in [7, 11) is 0. The van der Waals surface area contributed by atoms with Gasteiger partial charge in [-0.3, -0.25) is 4.98 Å². The Morgan fingerprint density at radius 1 is 0.724 bits per heavy atom. The molecule has 0 radical (unpaired) electrons. The van der Waals surface area contributed by atoms with Crippen LogP contribution in [0.25, 0.3) is 32.9 Å². The largest absolute Gasteiger partial charge is 0.339 e. The molecule has 140 valence electrons. The van der Waals surface area contributed by atoms with Crippen LogP contribution in [0.5, 0.6) is 0 Å². The molecule has 4 nitrogen and oxygen atoms in total. The topological polar surface area (TPSA) is 50.7 Å². The number of hydrogen-bond donors (Lipinski definition) is 1. The smallest absolute Gasteiger partial charge is 0.149 e. The first kappa shape index (κ1) is 17.5. The van der Waals surface area contributed by atoms with Crippen molar-refractivity contribution in [2.75, 3.05) is 5.32 Å². The Hall–Kier alpha value is -3.57. The molecular weight excluding hydrogens is 376 g/mol. The molecule has 0 aliphatic carbocycles. The van der Waals surface area contributed by atoms with Gasteiger partial charge in [0.25, 0.3) is 0 Å². The number of aromatic nitrogens is 3. The third-order valence-electron chi connectivity index (χ3n) is 4.70. The van der Waals surface area contributed by atoms with Crippen LogP contribution >= 0.6 is 11.3 Å². The van der Waals surface area contributed by atoms with E-state index in [1.807, 2.05) is 54.6 Å². The van der Waals surface area contributed by atoms with E-state index in [-0.39, 0.29) is 0 Å². The minimum atomic E-state index is 0.729. The van der Waals surface area contributed by atoms with Crippen LogP contribution in [0, 0.1) is 6.92 Å². The monoisotopic (exact) mass is 394 g/mol. The molecule has 0 amide bonds. The van der Waals surface area contributed by atoms with E-state index in [2.05, 4.69) is 46.5 Å². The molecule has 5 aromatic rings. The molecule has 0 saturated carbocycles. The second-order valence-electron chi connectivity index (χ2n) is 6.74. The number of nitrogens with zero attached hydrogens (tertiary/aromatic N) is 3. The zero-order valence-corrected chi connectivity index (χ0v) is 16.6. The van der Waals surface area contributed by atoms with E-state index >= 15 is 0 Å². The fourth-order valence-electron chi connectivity index (χ4n) is 3.25. The lowest BCUT2D eigenvalue weighted by Gasteiger charge is -2.07. The Labute approximate surface area is 172 Å². The van der Waals surface area contributed by atoms with Gasteiger partial charge in [0.2, 0.25) is 0 Å². The van der Waals surface area contributed by atoms with Crippen LogP contribution in [0.1, 0.15) is 4.88 Å². The summed E-state index contributed by atoms with van der Waals surface area (Å²) >= 11 is 1.73. The number of thiazole rings is 1. The normalized spacial score (nSPS) is 10.9. The SMILES string of the molecule is Cc1sc(-c2ccccc2)nc1-c1ccc(Nc2cnc3ccccc3n2)cc1. The van der Waals surface area contributed by atoms with Crippen molar-refractivity contribution in [2.45, 2.75) is 6.92 Å². The maximum Gasteiger partial charge on any atom is 0.149 e. The number of benzene rings is 3. The van der Waals surface area contributed by atoms with Crippen LogP contribution in [-0.4, -0.2) is 15.0 Å². The number of nitrogens with one attached hydrogen (secondary N) is 1. The van der Waals surface area contributed by atoms with E-state index in [0.717, 1.165) is 44.4 Å². The molecule has 2 aromatic heterocycles. The lowest BCUT2D eigenvalue weighted by atomic mass is 10.1. The standard InChI is InChI=1S/C24H18N4S/c1-16-23(28-24(29-16)18-7-3-2-4-8-18)17-11-13-19(14-12-17)26-22-15-25-20-9-5-6-10-21(20)27-22/h2-15H,1H3,(H,26,27). The van der Waals surface area contributed by atoms with Crippen molar-refractivity contribution < 1.29 is 0 Å². The number of hydrogen-bond acceptors (Lipinski definition) is 5. The van der Waals surface area contributed by atoms with Crippen molar-refractivity contribution in [3.63, 3.8) is 0 Å². The minimum Gasteiger partial charge on any atom is -0.339 e. The Morgan fingerprint density at radius 2 is 1.45 bits per heavy atom. The van der Waals surface area contributed by atoms with Gasteiger partial charge in [0.05, 0.1) is 22.9 Å². The Bertz CT molecular complexity index is 1280. The zero-order chi connectivity index (χ0) is 19.6. The lowest BCUT2D eigenvalue weighted by Crippen LogP contribution is -1.95. The highest BCUT2D eigenvalue weighted by molar-refractivity contribution is 7.15. The molecule has 0 aliphatic rings. The summed E-state index contributed by atoms with van der Waals surface area (Å²) in [6.45, 7) is 2.12. The van der Waals surface area contributed by atoms with E-state index in [4.69, 9.17) is 4.98 Å². The van der Waals surface area contributed by atoms with E-state index < -0.39 is 0 Å². The summed E-state index contributed by atoms with van der Waals surface area (Å²) in [4.78, 5) is 15.2. The number of para-hydroxylation sites is 2. The summed E-state index contributed by atoms with van der Waals surface area (Å²) in [5, 5.41) is 4.38. The van der Waals surface area contributed by atoms with Gasteiger partial charge < -0.3 is 5.32 Å². The molecule has 3 aromatic carbocycles. The van der Waals surface area contributed by atoms with Gasteiger partial charge in [0.15, 0.2) is 0 Å². The van der Waals surface area contributed by atoms with Crippen molar-refractivity contribution >= 4 is 33.9 Å². The predicted octanol–water partition coefficient (Wildman–Crippen LogP) is 6.47. The average Bonchev–Trinajstić information content (AvgIpc) is 3.16. The van der Waals surface area contributed by atoms with E-state index in [1.54, 1.807) is 17.5 Å². The van der Waals surface area contributed by atoms with E-state index in [0.29, 0.717) is 0 Å². The average molecular weight is 395 g/mol. The molecule has 5 heteroatoms. The third-order valence-corrected chi connectivity index (χ3v) is 5.72. The second kappa shape index (κ2) is 7.45. The van der Waals surface area contributed by atoms with Crippen LogP contribution in [0.3, 0.4) is 0 Å². The van der Waals surface area contributed by atoms with Gasteiger partial charge >= 0.3 is 0 Å². The van der Waals surface area contributed by atoms with Crippen LogP contribution in [0.2, 0.25) is 0 Å². The predicted molar refractivity (Wildman–Crippen MR) is 121 cm³/mol. The first-order chi connectivity index (χ1) is 14.3. The highest BCUT2D eigenvalue weighted by Crippen LogP contribution is 2.33. The molecule has 0 aliphatic heterocycles. The molecule has 0 atom stereocenters. The summed E-state index contributed by atoms with van der Waals surface area (Å²) in [6.07, 6.45) is 1.76. The molecule has 5 rings (SSSR count). The summed E-state index contributed by atoms with van der Waals surface area (Å²) in [5.74, 6) is 0.729. The first-order valence-corrected chi connectivity index (χ1v) is 10.2. The van der Waals surface area contributed by atoms with Gasteiger partial charge in [-0.1, -0.05) is 54.6 Å². The molecule has 0 spiro atoms. The third kappa shape index (κ3) is 3.60. The molecular formula is C24H18N4S. The first-order valence-electron chi connectivity index (χ1n) is 9.38. The van der Waals surface area contributed by atoms with E-state index in [1.165, 1.54) is 4.88 Å². The van der Waals surface area contributed by atoms with E-state index in [9.17, 15) is 0 Å². The number of anilines is 2. The van der Waals surface area contributed by atoms with Gasteiger partial charge in [-0.05, 0) is 31.2 Å². The Morgan fingerprint density at radius 3 is 2.24 bits per heavy atom. The Kier molecular flexibility index (Phi) is 4.50. The summed E-state index contributed by atoms with van der Waals surface area (Å²) < 4.78 is 0. The highest BCUT2D eigenvalue weighted by atomic mass is 32.1. The quantitative estimate of drug-likeness (QED) is 0.379. The maximum absolute atomic E-state index is 4.87.